The first-order valence-electron chi connectivity index (χ1n) is 9.36. The van der Waals surface area contributed by atoms with Crippen LogP contribution in [-0.4, -0.2) is 32.1 Å². The lowest BCUT2D eigenvalue weighted by Crippen LogP contribution is -2.36. The molecule has 140 valence electrons. The standard InChI is InChI=1S/C22H20N4O2/c1-14-20-17(22(27)26-10-9-15-6-3-4-7-16(15)13-26)12-18(19-8-5-11-28-19)23-21(20)25(2)24-14/h3-8,11-12H,9-10,13H2,1-2H3. The summed E-state index contributed by atoms with van der Waals surface area (Å²) in [6, 6.07) is 13.8. The van der Waals surface area contributed by atoms with Gasteiger partial charge in [0.2, 0.25) is 0 Å². The van der Waals surface area contributed by atoms with E-state index >= 15 is 0 Å². The van der Waals surface area contributed by atoms with Crippen molar-refractivity contribution < 1.29 is 9.21 Å². The van der Waals surface area contributed by atoms with Crippen LogP contribution in [0.2, 0.25) is 0 Å². The van der Waals surface area contributed by atoms with Crippen molar-refractivity contribution in [2.75, 3.05) is 6.54 Å². The van der Waals surface area contributed by atoms with Crippen molar-refractivity contribution in [1.82, 2.24) is 19.7 Å². The first-order chi connectivity index (χ1) is 13.6. The molecule has 1 aliphatic rings. The fraction of sp³-hybridized carbons (Fsp3) is 0.227. The highest BCUT2D eigenvalue weighted by Crippen LogP contribution is 2.29. The molecule has 0 N–H and O–H groups in total. The van der Waals surface area contributed by atoms with Crippen molar-refractivity contribution in [3.63, 3.8) is 0 Å². The molecule has 0 unspecified atom stereocenters. The average molecular weight is 372 g/mol. The number of benzene rings is 1. The summed E-state index contributed by atoms with van der Waals surface area (Å²) in [6.07, 6.45) is 2.48. The number of carbonyl (C=O) groups excluding carboxylic acids is 1. The van der Waals surface area contributed by atoms with Gasteiger partial charge in [0, 0.05) is 20.1 Å². The Morgan fingerprint density at radius 3 is 2.75 bits per heavy atom. The van der Waals surface area contributed by atoms with E-state index in [0.717, 1.165) is 17.5 Å². The van der Waals surface area contributed by atoms with Gasteiger partial charge in [-0.05, 0) is 42.7 Å². The van der Waals surface area contributed by atoms with Crippen molar-refractivity contribution in [3.05, 3.63) is 71.1 Å². The Hall–Kier alpha value is -3.41. The van der Waals surface area contributed by atoms with Crippen LogP contribution in [0.4, 0.5) is 0 Å². The molecule has 0 radical (unpaired) electrons. The number of aryl methyl sites for hydroxylation is 2. The molecule has 0 atom stereocenters. The van der Waals surface area contributed by atoms with Crippen molar-refractivity contribution in [2.24, 2.45) is 7.05 Å². The second kappa shape index (κ2) is 6.34. The maximum absolute atomic E-state index is 13.5. The molecule has 5 rings (SSSR count). The topological polar surface area (TPSA) is 64.2 Å². The van der Waals surface area contributed by atoms with Gasteiger partial charge in [-0.25, -0.2) is 4.98 Å². The summed E-state index contributed by atoms with van der Waals surface area (Å²) < 4.78 is 7.25. The van der Waals surface area contributed by atoms with Crippen molar-refractivity contribution in [2.45, 2.75) is 19.9 Å². The van der Waals surface area contributed by atoms with Gasteiger partial charge >= 0.3 is 0 Å². The van der Waals surface area contributed by atoms with E-state index in [1.807, 2.05) is 43.1 Å². The summed E-state index contributed by atoms with van der Waals surface area (Å²) in [5, 5.41) is 5.30. The Morgan fingerprint density at radius 2 is 1.96 bits per heavy atom. The third-order valence-electron chi connectivity index (χ3n) is 5.39. The maximum Gasteiger partial charge on any atom is 0.255 e. The Morgan fingerprint density at radius 1 is 1.14 bits per heavy atom. The summed E-state index contributed by atoms with van der Waals surface area (Å²) in [5.74, 6) is 0.643. The number of pyridine rings is 1. The van der Waals surface area contributed by atoms with E-state index < -0.39 is 0 Å². The lowest BCUT2D eigenvalue weighted by atomic mass is 9.98. The molecule has 1 amide bonds. The average Bonchev–Trinajstić information content (AvgIpc) is 3.35. The number of nitrogens with zero attached hydrogens (tertiary/aromatic N) is 4. The quantitative estimate of drug-likeness (QED) is 0.538. The summed E-state index contributed by atoms with van der Waals surface area (Å²) in [7, 11) is 1.85. The third-order valence-corrected chi connectivity index (χ3v) is 5.39. The molecular weight excluding hydrogens is 352 g/mol. The Bertz CT molecular complexity index is 1190. The second-order valence-corrected chi connectivity index (χ2v) is 7.19. The lowest BCUT2D eigenvalue weighted by molar-refractivity contribution is 0.0736. The number of aromatic nitrogens is 3. The largest absolute Gasteiger partial charge is 0.463 e. The summed E-state index contributed by atoms with van der Waals surface area (Å²) in [6.45, 7) is 3.24. The van der Waals surface area contributed by atoms with Gasteiger partial charge in [-0.2, -0.15) is 5.10 Å². The molecular formula is C22H20N4O2. The number of hydrogen-bond acceptors (Lipinski definition) is 4. The number of furan rings is 1. The van der Waals surface area contributed by atoms with Crippen LogP contribution in [0.5, 0.6) is 0 Å². The van der Waals surface area contributed by atoms with Crippen molar-refractivity contribution in [3.8, 4) is 11.5 Å². The summed E-state index contributed by atoms with van der Waals surface area (Å²) in [4.78, 5) is 20.1. The van der Waals surface area contributed by atoms with Crippen LogP contribution in [0.15, 0.2) is 53.1 Å². The van der Waals surface area contributed by atoms with Gasteiger partial charge in [-0.15, -0.1) is 0 Å². The second-order valence-electron chi connectivity index (χ2n) is 7.19. The molecule has 0 bridgehead atoms. The van der Waals surface area contributed by atoms with Crippen molar-refractivity contribution >= 4 is 16.9 Å². The minimum atomic E-state index is 0.00538. The normalized spacial score (nSPS) is 13.7. The third kappa shape index (κ3) is 2.60. The smallest absolute Gasteiger partial charge is 0.255 e. The minimum Gasteiger partial charge on any atom is -0.463 e. The highest BCUT2D eigenvalue weighted by atomic mass is 16.3. The van der Waals surface area contributed by atoms with Gasteiger partial charge in [0.15, 0.2) is 11.4 Å². The number of carbonyl (C=O) groups is 1. The maximum atomic E-state index is 13.5. The molecule has 6 nitrogen and oxygen atoms in total. The van der Waals surface area contributed by atoms with Crippen LogP contribution in [0, 0.1) is 6.92 Å². The highest BCUT2D eigenvalue weighted by molar-refractivity contribution is 6.07. The van der Waals surface area contributed by atoms with Gasteiger partial charge in [0.1, 0.15) is 5.69 Å². The molecule has 3 aromatic heterocycles. The summed E-state index contributed by atoms with van der Waals surface area (Å²) in [5.41, 5.74) is 5.29. The van der Waals surface area contributed by atoms with E-state index in [-0.39, 0.29) is 5.91 Å². The number of fused-ring (bicyclic) bond motifs is 2. The zero-order valence-corrected chi connectivity index (χ0v) is 15.8. The molecule has 0 fully saturated rings. The number of hydrogen-bond donors (Lipinski definition) is 0. The van der Waals surface area contributed by atoms with Crippen LogP contribution in [-0.2, 0) is 20.0 Å². The van der Waals surface area contributed by atoms with Crippen LogP contribution in [0.3, 0.4) is 0 Å². The van der Waals surface area contributed by atoms with E-state index in [0.29, 0.717) is 35.8 Å². The minimum absolute atomic E-state index is 0.00538. The first-order valence-corrected chi connectivity index (χ1v) is 9.36. The van der Waals surface area contributed by atoms with Crippen LogP contribution in [0.25, 0.3) is 22.5 Å². The van der Waals surface area contributed by atoms with E-state index in [4.69, 9.17) is 9.40 Å². The van der Waals surface area contributed by atoms with E-state index in [1.165, 1.54) is 11.1 Å². The Labute approximate surface area is 162 Å². The van der Waals surface area contributed by atoms with Crippen LogP contribution in [0.1, 0.15) is 27.2 Å². The molecule has 28 heavy (non-hydrogen) atoms. The summed E-state index contributed by atoms with van der Waals surface area (Å²) >= 11 is 0. The van der Waals surface area contributed by atoms with E-state index in [9.17, 15) is 4.79 Å². The number of amides is 1. The molecule has 4 heterocycles. The molecule has 1 aliphatic heterocycles. The molecule has 0 aliphatic carbocycles. The molecule has 4 aromatic rings. The molecule has 6 heteroatoms. The highest BCUT2D eigenvalue weighted by Gasteiger charge is 2.26. The molecule has 1 aromatic carbocycles. The fourth-order valence-electron chi connectivity index (χ4n) is 4.00. The fourth-order valence-corrected chi connectivity index (χ4v) is 4.00. The van der Waals surface area contributed by atoms with Gasteiger partial charge in [0.05, 0.1) is 22.9 Å². The van der Waals surface area contributed by atoms with Gasteiger partial charge < -0.3 is 9.32 Å². The van der Waals surface area contributed by atoms with Gasteiger partial charge in [-0.1, -0.05) is 24.3 Å². The lowest BCUT2D eigenvalue weighted by Gasteiger charge is -2.29. The van der Waals surface area contributed by atoms with Gasteiger partial charge in [0.25, 0.3) is 5.91 Å². The molecule has 0 saturated carbocycles. The Kier molecular flexibility index (Phi) is 3.79. The van der Waals surface area contributed by atoms with Gasteiger partial charge in [-0.3, -0.25) is 9.48 Å². The zero-order valence-electron chi connectivity index (χ0n) is 15.8. The SMILES string of the molecule is Cc1nn(C)c2nc(-c3ccco3)cc(C(=O)N3CCc4ccccc4C3)c12. The van der Waals surface area contributed by atoms with E-state index in [1.54, 1.807) is 10.9 Å². The van der Waals surface area contributed by atoms with Crippen LogP contribution < -0.4 is 0 Å². The van der Waals surface area contributed by atoms with E-state index in [2.05, 4.69) is 23.3 Å². The molecule has 0 spiro atoms. The Balaban J connectivity index is 1.62. The van der Waals surface area contributed by atoms with Crippen LogP contribution >= 0.6 is 0 Å². The predicted molar refractivity (Wildman–Crippen MR) is 106 cm³/mol. The predicted octanol–water partition coefficient (Wildman–Crippen LogP) is 3.74. The monoisotopic (exact) mass is 372 g/mol. The molecule has 0 saturated heterocycles. The number of rotatable bonds is 2. The first kappa shape index (κ1) is 16.7. The van der Waals surface area contributed by atoms with Crippen molar-refractivity contribution in [1.29, 1.82) is 0 Å². The zero-order chi connectivity index (χ0) is 19.3.